The first-order valence-corrected chi connectivity index (χ1v) is 7.80. The molecule has 0 atom stereocenters. The van der Waals surface area contributed by atoms with E-state index in [1.807, 2.05) is 12.3 Å². The lowest BCUT2D eigenvalue weighted by Crippen LogP contribution is -2.19. The normalized spacial score (nSPS) is 14.2. The molecule has 24 heavy (non-hydrogen) atoms. The minimum atomic E-state index is -0.317. The number of aromatic amines is 1. The van der Waals surface area contributed by atoms with Gasteiger partial charge in [0, 0.05) is 31.5 Å². The molecule has 3 aromatic rings. The zero-order chi connectivity index (χ0) is 16.5. The first-order valence-electron chi connectivity index (χ1n) is 7.80. The second-order valence-electron chi connectivity index (χ2n) is 5.70. The van der Waals surface area contributed by atoms with Gasteiger partial charge in [0.1, 0.15) is 11.4 Å². The molecule has 1 fully saturated rings. The van der Waals surface area contributed by atoms with E-state index in [0.717, 1.165) is 31.7 Å². The molecule has 0 aliphatic carbocycles. The van der Waals surface area contributed by atoms with Gasteiger partial charge in [0.05, 0.1) is 11.9 Å². The van der Waals surface area contributed by atoms with Crippen molar-refractivity contribution in [1.82, 2.24) is 19.6 Å². The summed E-state index contributed by atoms with van der Waals surface area (Å²) in [4.78, 5) is 32.9. The van der Waals surface area contributed by atoms with Crippen LogP contribution in [0.5, 0.6) is 0 Å². The topological polar surface area (TPSA) is 95.4 Å². The molecule has 2 N–H and O–H groups in total. The van der Waals surface area contributed by atoms with Gasteiger partial charge in [0.15, 0.2) is 5.65 Å². The van der Waals surface area contributed by atoms with Crippen molar-refractivity contribution in [2.24, 2.45) is 0 Å². The number of carbonyl (C=O) groups is 1. The zero-order valence-corrected chi connectivity index (χ0v) is 12.9. The van der Waals surface area contributed by atoms with Crippen LogP contribution in [0.4, 0.5) is 11.5 Å². The maximum atomic E-state index is 12.5. The van der Waals surface area contributed by atoms with Crippen molar-refractivity contribution < 1.29 is 4.79 Å². The number of fused-ring (bicyclic) bond motifs is 1. The third-order valence-corrected chi connectivity index (χ3v) is 4.07. The van der Waals surface area contributed by atoms with Gasteiger partial charge < -0.3 is 15.2 Å². The minimum Gasteiger partial charge on any atom is -0.357 e. The van der Waals surface area contributed by atoms with Crippen LogP contribution in [-0.2, 0) is 0 Å². The predicted octanol–water partition coefficient (Wildman–Crippen LogP) is 1.27. The van der Waals surface area contributed by atoms with Crippen LogP contribution in [-0.4, -0.2) is 38.6 Å². The Morgan fingerprint density at radius 1 is 1.21 bits per heavy atom. The van der Waals surface area contributed by atoms with Crippen molar-refractivity contribution in [3.05, 3.63) is 52.7 Å². The summed E-state index contributed by atoms with van der Waals surface area (Å²) in [5.74, 6) is 0.543. The second-order valence-corrected chi connectivity index (χ2v) is 5.70. The smallest absolute Gasteiger partial charge is 0.261 e. The van der Waals surface area contributed by atoms with Gasteiger partial charge >= 0.3 is 0 Å². The molecule has 0 spiro atoms. The molecule has 1 amide bonds. The van der Waals surface area contributed by atoms with E-state index in [9.17, 15) is 9.59 Å². The maximum Gasteiger partial charge on any atom is 0.261 e. The number of nitrogens with zero attached hydrogens (tertiary/aromatic N) is 4. The summed E-state index contributed by atoms with van der Waals surface area (Å²) in [5, 5.41) is 6.92. The molecule has 4 rings (SSSR count). The van der Waals surface area contributed by atoms with Crippen molar-refractivity contribution in [3.63, 3.8) is 0 Å². The summed E-state index contributed by atoms with van der Waals surface area (Å²) in [5.41, 5.74) is 1.19. The van der Waals surface area contributed by atoms with Crippen LogP contribution in [0.2, 0.25) is 0 Å². The molecule has 1 aliphatic rings. The molecule has 4 heterocycles. The molecule has 0 saturated carbocycles. The highest BCUT2D eigenvalue weighted by atomic mass is 16.1. The quantitative estimate of drug-likeness (QED) is 0.756. The maximum absolute atomic E-state index is 12.5. The minimum absolute atomic E-state index is 0.221. The predicted molar refractivity (Wildman–Crippen MR) is 89.4 cm³/mol. The number of aromatic nitrogens is 4. The van der Waals surface area contributed by atoms with Gasteiger partial charge in [-0.15, -0.1) is 0 Å². The van der Waals surface area contributed by atoms with Gasteiger partial charge in [0.25, 0.3) is 5.91 Å². The molecule has 8 heteroatoms. The Morgan fingerprint density at radius 3 is 2.79 bits per heavy atom. The highest BCUT2D eigenvalue weighted by Crippen LogP contribution is 2.20. The lowest BCUT2D eigenvalue weighted by molar-refractivity contribution is 0.102. The molecule has 1 saturated heterocycles. The number of nitrogens with one attached hydrogen (secondary N) is 2. The molecular formula is C16H16N6O2. The third kappa shape index (κ3) is 2.62. The second kappa shape index (κ2) is 5.80. The fourth-order valence-electron chi connectivity index (χ4n) is 2.83. The Bertz CT molecular complexity index is 934. The van der Waals surface area contributed by atoms with E-state index in [2.05, 4.69) is 25.3 Å². The summed E-state index contributed by atoms with van der Waals surface area (Å²) in [6.45, 7) is 1.96. The van der Waals surface area contributed by atoms with Crippen LogP contribution in [0.3, 0.4) is 0 Å². The number of hydrogen-bond donors (Lipinski definition) is 2. The van der Waals surface area contributed by atoms with Crippen LogP contribution in [0.1, 0.15) is 23.2 Å². The standard InChI is InChI=1S/C16H16N6O2/c23-14-4-3-11(9-17-14)19-16(24)12-10-18-22-8-5-13(20-15(12)22)21-6-1-2-7-21/h3-5,8-10H,1-2,6-7H2,(H,17,23)(H,19,24). The van der Waals surface area contributed by atoms with Gasteiger partial charge in [-0.1, -0.05) is 0 Å². The Labute approximate surface area is 137 Å². The fraction of sp³-hybridized carbons (Fsp3) is 0.250. The number of amides is 1. The zero-order valence-electron chi connectivity index (χ0n) is 12.9. The molecule has 8 nitrogen and oxygen atoms in total. The van der Waals surface area contributed by atoms with E-state index in [1.54, 1.807) is 10.6 Å². The number of pyridine rings is 1. The molecule has 0 unspecified atom stereocenters. The number of H-pyrrole nitrogens is 1. The average molecular weight is 324 g/mol. The van der Waals surface area contributed by atoms with Crippen LogP contribution in [0.15, 0.2) is 41.6 Å². The Hall–Kier alpha value is -3.16. The van der Waals surface area contributed by atoms with Gasteiger partial charge in [-0.3, -0.25) is 9.59 Å². The highest BCUT2D eigenvalue weighted by molar-refractivity contribution is 6.08. The molecule has 3 aromatic heterocycles. The van der Waals surface area contributed by atoms with Gasteiger partial charge in [0.2, 0.25) is 5.56 Å². The number of hydrogen-bond acceptors (Lipinski definition) is 5. The molecular weight excluding hydrogens is 308 g/mol. The summed E-state index contributed by atoms with van der Waals surface area (Å²) in [6, 6.07) is 4.82. The van der Waals surface area contributed by atoms with Crippen molar-refractivity contribution in [3.8, 4) is 0 Å². The lowest BCUT2D eigenvalue weighted by Gasteiger charge is -2.16. The van der Waals surface area contributed by atoms with Crippen molar-refractivity contribution in [2.45, 2.75) is 12.8 Å². The van der Waals surface area contributed by atoms with Gasteiger partial charge in [-0.2, -0.15) is 5.10 Å². The summed E-state index contributed by atoms with van der Waals surface area (Å²) in [7, 11) is 0. The monoisotopic (exact) mass is 324 g/mol. The van der Waals surface area contributed by atoms with Gasteiger partial charge in [-0.05, 0) is 25.0 Å². The van der Waals surface area contributed by atoms with E-state index in [0.29, 0.717) is 16.9 Å². The summed E-state index contributed by atoms with van der Waals surface area (Å²) < 4.78 is 1.58. The van der Waals surface area contributed by atoms with E-state index in [1.165, 1.54) is 18.5 Å². The van der Waals surface area contributed by atoms with E-state index >= 15 is 0 Å². The summed E-state index contributed by atoms with van der Waals surface area (Å²) >= 11 is 0. The summed E-state index contributed by atoms with van der Waals surface area (Å²) in [6.07, 6.45) is 7.08. The Balaban J connectivity index is 1.65. The van der Waals surface area contributed by atoms with E-state index in [4.69, 9.17) is 0 Å². The molecule has 0 aromatic carbocycles. The average Bonchev–Trinajstić information content (AvgIpc) is 3.25. The van der Waals surface area contributed by atoms with Gasteiger partial charge in [-0.25, -0.2) is 9.50 Å². The van der Waals surface area contributed by atoms with Crippen molar-refractivity contribution in [1.29, 1.82) is 0 Å². The van der Waals surface area contributed by atoms with Crippen molar-refractivity contribution in [2.75, 3.05) is 23.3 Å². The van der Waals surface area contributed by atoms with Crippen molar-refractivity contribution >= 4 is 23.1 Å². The molecule has 122 valence electrons. The Morgan fingerprint density at radius 2 is 2.04 bits per heavy atom. The van der Waals surface area contributed by atoms with E-state index in [-0.39, 0.29) is 11.5 Å². The van der Waals surface area contributed by atoms with E-state index < -0.39 is 0 Å². The third-order valence-electron chi connectivity index (χ3n) is 4.07. The molecule has 0 radical (unpaired) electrons. The van der Waals surface area contributed by atoms with Crippen LogP contribution < -0.4 is 15.8 Å². The Kier molecular flexibility index (Phi) is 3.49. The van der Waals surface area contributed by atoms with Crippen LogP contribution in [0, 0.1) is 0 Å². The number of rotatable bonds is 3. The first kappa shape index (κ1) is 14.4. The SMILES string of the molecule is O=C(Nc1ccc(=O)[nH]c1)c1cnn2ccc(N3CCCC3)nc12. The highest BCUT2D eigenvalue weighted by Gasteiger charge is 2.18. The largest absolute Gasteiger partial charge is 0.357 e. The lowest BCUT2D eigenvalue weighted by atomic mass is 10.3. The molecule has 0 bridgehead atoms. The van der Waals surface area contributed by atoms with Crippen LogP contribution in [0.25, 0.3) is 5.65 Å². The fourth-order valence-corrected chi connectivity index (χ4v) is 2.83. The number of anilines is 2. The molecule has 1 aliphatic heterocycles. The first-order chi connectivity index (χ1) is 11.7. The van der Waals surface area contributed by atoms with Crippen LogP contribution >= 0.6 is 0 Å². The number of carbonyl (C=O) groups excluding carboxylic acids is 1.